The third-order valence-electron chi connectivity index (χ3n) is 9.55. The molecule has 51 heavy (non-hydrogen) atoms. The minimum Gasteiger partial charge on any atom is -0.456 e. The lowest BCUT2D eigenvalue weighted by atomic mass is 10.1. The molecule has 238 valence electrons. The topological polar surface area (TPSA) is 69.9 Å². The van der Waals surface area contributed by atoms with E-state index in [1.165, 1.54) is 0 Å². The van der Waals surface area contributed by atoms with Gasteiger partial charge in [-0.05, 0) is 54.6 Å². The molecule has 0 unspecified atom stereocenters. The standard InChI is InChI=1S/C45H26N4O2/c1-2-11-27(12-3-1)43-46-44(28-22-24-40-35(25-28)32-15-6-9-20-39(32)50-40)48-45(47-43)29-21-23-33-34-16-10-19-38(42(34)51-41(33)26-29)49-36-17-7-4-13-30(36)31-14-5-8-18-37(31)49/h1-26H/i1D,2D,3D,11D,12D. The summed E-state index contributed by atoms with van der Waals surface area (Å²) in [5, 5.41) is 5.96. The highest BCUT2D eigenvalue weighted by atomic mass is 16.3. The Hall–Kier alpha value is -7.05. The molecule has 4 aromatic heterocycles. The summed E-state index contributed by atoms with van der Waals surface area (Å²) in [5.74, 6) is 0.471. The van der Waals surface area contributed by atoms with E-state index in [0.717, 1.165) is 60.2 Å². The van der Waals surface area contributed by atoms with Gasteiger partial charge >= 0.3 is 0 Å². The Kier molecular flexibility index (Phi) is 4.91. The van der Waals surface area contributed by atoms with E-state index >= 15 is 0 Å². The maximum atomic E-state index is 8.75. The van der Waals surface area contributed by atoms with Crippen LogP contribution in [0, 0.1) is 0 Å². The molecule has 0 fully saturated rings. The summed E-state index contributed by atoms with van der Waals surface area (Å²) in [4.78, 5) is 14.4. The molecule has 0 bridgehead atoms. The quantitative estimate of drug-likeness (QED) is 0.188. The fourth-order valence-electron chi connectivity index (χ4n) is 7.25. The van der Waals surface area contributed by atoms with Crippen LogP contribution in [0.5, 0.6) is 0 Å². The van der Waals surface area contributed by atoms with Gasteiger partial charge in [-0.25, -0.2) is 15.0 Å². The molecular weight excluding hydrogens is 629 g/mol. The Morgan fingerprint density at radius 3 is 1.78 bits per heavy atom. The van der Waals surface area contributed by atoms with Crippen LogP contribution >= 0.6 is 0 Å². The van der Waals surface area contributed by atoms with Gasteiger partial charge in [-0.15, -0.1) is 0 Å². The largest absolute Gasteiger partial charge is 0.456 e. The van der Waals surface area contributed by atoms with Gasteiger partial charge in [-0.2, -0.15) is 0 Å². The molecule has 6 nitrogen and oxygen atoms in total. The molecular formula is C45H26N4O2. The summed E-state index contributed by atoms with van der Waals surface area (Å²) in [6.07, 6.45) is 0. The van der Waals surface area contributed by atoms with Crippen LogP contribution in [0.1, 0.15) is 6.85 Å². The number of benzene rings is 7. The molecule has 0 N–H and O–H groups in total. The Morgan fingerprint density at radius 1 is 0.431 bits per heavy atom. The molecule has 0 radical (unpaired) electrons. The molecule has 6 heteroatoms. The number of hydrogen-bond acceptors (Lipinski definition) is 5. The van der Waals surface area contributed by atoms with E-state index in [2.05, 4.69) is 47.0 Å². The minimum atomic E-state index is -0.494. The number of nitrogens with zero attached hydrogens (tertiary/aromatic N) is 4. The lowest BCUT2D eigenvalue weighted by Crippen LogP contribution is -2.00. The Balaban J connectivity index is 1.13. The van der Waals surface area contributed by atoms with Crippen molar-refractivity contribution in [2.75, 3.05) is 0 Å². The Bertz CT molecular complexity index is 3380. The van der Waals surface area contributed by atoms with Gasteiger partial charge < -0.3 is 13.4 Å². The fourth-order valence-corrected chi connectivity index (χ4v) is 7.25. The predicted molar refractivity (Wildman–Crippen MR) is 205 cm³/mol. The van der Waals surface area contributed by atoms with Crippen LogP contribution in [0.4, 0.5) is 0 Å². The van der Waals surface area contributed by atoms with E-state index < -0.39 is 30.2 Å². The smallest absolute Gasteiger partial charge is 0.164 e. The van der Waals surface area contributed by atoms with Crippen molar-refractivity contribution in [3.05, 3.63) is 158 Å². The SMILES string of the molecule is [2H]c1c([2H])c([2H])c(-c2nc(-c3ccc4c(c3)oc3c(-n5c6ccccc6c6ccccc65)cccc34)nc(-c3ccc4oc5ccccc5c4c3)n2)c([2H])c1[2H]. The number of aromatic nitrogens is 4. The molecule has 11 aromatic rings. The van der Waals surface area contributed by atoms with Crippen molar-refractivity contribution in [2.45, 2.75) is 0 Å². The number of rotatable bonds is 4. The molecule has 7 aromatic carbocycles. The first-order chi connectivity index (χ1) is 27.3. The third kappa shape index (κ3) is 4.26. The normalized spacial score (nSPS) is 13.3. The second-order valence-corrected chi connectivity index (χ2v) is 12.5. The van der Waals surface area contributed by atoms with Gasteiger partial charge in [0.05, 0.1) is 23.6 Å². The van der Waals surface area contributed by atoms with Crippen LogP contribution in [0.25, 0.3) is 106 Å². The van der Waals surface area contributed by atoms with Gasteiger partial charge in [0.15, 0.2) is 23.1 Å². The molecule has 0 aliphatic rings. The molecule has 0 saturated carbocycles. The zero-order valence-corrected chi connectivity index (χ0v) is 26.7. The van der Waals surface area contributed by atoms with E-state index in [-0.39, 0.29) is 23.0 Å². The van der Waals surface area contributed by atoms with Gasteiger partial charge in [0, 0.05) is 49.0 Å². The fraction of sp³-hybridized carbons (Fsp3) is 0. The third-order valence-corrected chi connectivity index (χ3v) is 9.55. The van der Waals surface area contributed by atoms with Crippen molar-refractivity contribution in [3.63, 3.8) is 0 Å². The zero-order chi connectivity index (χ0) is 37.8. The van der Waals surface area contributed by atoms with Crippen LogP contribution in [0.15, 0.2) is 166 Å². The Morgan fingerprint density at radius 2 is 1.02 bits per heavy atom. The minimum absolute atomic E-state index is 0.0440. The number of fused-ring (bicyclic) bond motifs is 9. The van der Waals surface area contributed by atoms with E-state index in [0.29, 0.717) is 22.3 Å². The molecule has 0 spiro atoms. The van der Waals surface area contributed by atoms with E-state index in [9.17, 15) is 0 Å². The van der Waals surface area contributed by atoms with E-state index in [4.69, 9.17) is 30.6 Å². The molecule has 0 amide bonds. The molecule has 4 heterocycles. The summed E-state index contributed by atoms with van der Waals surface area (Å²) in [5.41, 5.74) is 6.96. The Labute approximate surface area is 297 Å². The first kappa shape index (κ1) is 23.3. The second-order valence-electron chi connectivity index (χ2n) is 12.5. The molecule has 0 atom stereocenters. The van der Waals surface area contributed by atoms with Gasteiger partial charge in [0.25, 0.3) is 0 Å². The van der Waals surface area contributed by atoms with Crippen LogP contribution < -0.4 is 0 Å². The van der Waals surface area contributed by atoms with Crippen molar-refractivity contribution in [1.29, 1.82) is 0 Å². The predicted octanol–water partition coefficient (Wildman–Crippen LogP) is 11.8. The van der Waals surface area contributed by atoms with E-state index in [1.54, 1.807) is 0 Å². The van der Waals surface area contributed by atoms with Crippen molar-refractivity contribution >= 4 is 65.7 Å². The van der Waals surface area contributed by atoms with Crippen LogP contribution in [0.3, 0.4) is 0 Å². The molecule has 0 saturated heterocycles. The van der Waals surface area contributed by atoms with Crippen LogP contribution in [-0.2, 0) is 0 Å². The van der Waals surface area contributed by atoms with Crippen molar-refractivity contribution < 1.29 is 15.7 Å². The van der Waals surface area contributed by atoms with Gasteiger partial charge in [0.1, 0.15) is 16.7 Å². The summed E-state index contributed by atoms with van der Waals surface area (Å²) in [6.45, 7) is 0. The summed E-state index contributed by atoms with van der Waals surface area (Å²) in [7, 11) is 0. The lowest BCUT2D eigenvalue weighted by Gasteiger charge is -2.08. The zero-order valence-electron chi connectivity index (χ0n) is 31.7. The highest BCUT2D eigenvalue weighted by molar-refractivity contribution is 6.13. The molecule has 0 aliphatic heterocycles. The molecule has 11 rings (SSSR count). The first-order valence-corrected chi connectivity index (χ1v) is 16.5. The average Bonchev–Trinajstić information content (AvgIpc) is 3.91. The summed E-state index contributed by atoms with van der Waals surface area (Å²) >= 11 is 0. The molecule has 0 aliphatic carbocycles. The van der Waals surface area contributed by atoms with Crippen molar-refractivity contribution in [1.82, 2.24) is 19.5 Å². The van der Waals surface area contributed by atoms with Gasteiger partial charge in [-0.3, -0.25) is 0 Å². The van der Waals surface area contributed by atoms with Crippen LogP contribution in [0.2, 0.25) is 0 Å². The maximum absolute atomic E-state index is 8.75. The number of hydrogen-bond donors (Lipinski definition) is 0. The monoisotopic (exact) mass is 659 g/mol. The average molecular weight is 660 g/mol. The lowest BCUT2D eigenvalue weighted by molar-refractivity contribution is 0.666. The first-order valence-electron chi connectivity index (χ1n) is 19.0. The van der Waals surface area contributed by atoms with E-state index in [1.807, 2.05) is 84.9 Å². The number of furan rings is 2. The second kappa shape index (κ2) is 10.7. The van der Waals surface area contributed by atoms with Crippen LogP contribution in [-0.4, -0.2) is 19.5 Å². The summed E-state index contributed by atoms with van der Waals surface area (Å²) in [6, 6.07) is 39.7. The van der Waals surface area contributed by atoms with Gasteiger partial charge in [-0.1, -0.05) is 103 Å². The van der Waals surface area contributed by atoms with Crippen molar-refractivity contribution in [3.8, 4) is 39.9 Å². The number of para-hydroxylation sites is 4. The van der Waals surface area contributed by atoms with Crippen molar-refractivity contribution in [2.24, 2.45) is 0 Å². The van der Waals surface area contributed by atoms with Gasteiger partial charge in [0.2, 0.25) is 0 Å². The summed E-state index contributed by atoms with van der Waals surface area (Å²) < 4.78 is 57.4. The maximum Gasteiger partial charge on any atom is 0.164 e. The highest BCUT2D eigenvalue weighted by Crippen LogP contribution is 2.39. The highest BCUT2D eigenvalue weighted by Gasteiger charge is 2.19.